The van der Waals surface area contributed by atoms with Crippen LogP contribution in [0.1, 0.15) is 11.1 Å². The molecule has 6 heteroatoms. The van der Waals surface area contributed by atoms with E-state index in [0.29, 0.717) is 5.69 Å². The van der Waals surface area contributed by atoms with E-state index in [-0.39, 0.29) is 29.3 Å². The lowest BCUT2D eigenvalue weighted by Gasteiger charge is -2.21. The van der Waals surface area contributed by atoms with Crippen LogP contribution in [0.2, 0.25) is 0 Å². The van der Waals surface area contributed by atoms with Gasteiger partial charge in [0, 0.05) is 24.0 Å². The summed E-state index contributed by atoms with van der Waals surface area (Å²) in [6, 6.07) is 25.8. The van der Waals surface area contributed by atoms with Crippen molar-refractivity contribution in [2.24, 2.45) is 23.7 Å². The van der Waals surface area contributed by atoms with Gasteiger partial charge in [0.05, 0.1) is 22.4 Å². The molecule has 0 radical (unpaired) electrons. The predicted octanol–water partition coefficient (Wildman–Crippen LogP) is 5.02. The summed E-state index contributed by atoms with van der Waals surface area (Å²) in [5.41, 5.74) is 4.64. The van der Waals surface area contributed by atoms with Crippen molar-refractivity contribution < 1.29 is 14.5 Å². The number of allylic oxidation sites excluding steroid dienone is 3. The molecule has 2 aliphatic carbocycles. The summed E-state index contributed by atoms with van der Waals surface area (Å²) >= 11 is 0. The van der Waals surface area contributed by atoms with Gasteiger partial charge in [0.1, 0.15) is 0 Å². The molecule has 3 aromatic carbocycles. The first kappa shape index (κ1) is 20.3. The average Bonchev–Trinajstić information content (AvgIpc) is 3.50. The Bertz CT molecular complexity index is 1300. The summed E-state index contributed by atoms with van der Waals surface area (Å²) in [4.78, 5) is 38.8. The van der Waals surface area contributed by atoms with Crippen LogP contribution in [0, 0.1) is 33.8 Å². The molecule has 3 aromatic rings. The summed E-state index contributed by atoms with van der Waals surface area (Å²) in [7, 11) is 0. The van der Waals surface area contributed by atoms with Crippen molar-refractivity contribution in [2.45, 2.75) is 0 Å². The van der Waals surface area contributed by atoms with Gasteiger partial charge in [-0.15, -0.1) is 0 Å². The molecule has 34 heavy (non-hydrogen) atoms. The highest BCUT2D eigenvalue weighted by Crippen LogP contribution is 2.58. The van der Waals surface area contributed by atoms with Crippen molar-refractivity contribution in [3.63, 3.8) is 0 Å². The number of hydrogen-bond donors (Lipinski definition) is 0. The molecule has 0 aromatic heterocycles. The number of imide groups is 1. The van der Waals surface area contributed by atoms with Crippen LogP contribution in [0.3, 0.4) is 0 Å². The lowest BCUT2D eigenvalue weighted by molar-refractivity contribution is -0.384. The Morgan fingerprint density at radius 3 is 1.62 bits per heavy atom. The molecule has 0 spiro atoms. The number of benzene rings is 3. The molecule has 1 saturated heterocycles. The molecule has 1 heterocycles. The number of carbonyl (C=O) groups is 2. The summed E-state index contributed by atoms with van der Waals surface area (Å²) in [5, 5.41) is 11.0. The average molecular weight is 448 g/mol. The third kappa shape index (κ3) is 2.88. The van der Waals surface area contributed by atoms with E-state index in [0.717, 1.165) is 22.3 Å². The van der Waals surface area contributed by atoms with Crippen molar-refractivity contribution >= 4 is 28.8 Å². The number of amides is 2. The van der Waals surface area contributed by atoms with Crippen molar-refractivity contribution in [2.75, 3.05) is 4.90 Å². The first-order valence-electron chi connectivity index (χ1n) is 11.2. The number of hydrogen-bond acceptors (Lipinski definition) is 4. The molecular weight excluding hydrogens is 428 g/mol. The van der Waals surface area contributed by atoms with Gasteiger partial charge in [-0.3, -0.25) is 19.7 Å². The van der Waals surface area contributed by atoms with E-state index < -0.39 is 16.8 Å². The standard InChI is InChI=1S/C28H20N2O4/c31-27-25-21-15-16-22(26(25)28(32)29(27)19-11-13-20(14-12-19)30(33)34)24(21)23(17-7-3-1-4-8-17)18-9-5-2-6-10-18/h1-16,21-22,25-26H. The largest absolute Gasteiger partial charge is 0.274 e. The van der Waals surface area contributed by atoms with E-state index in [1.165, 1.54) is 29.2 Å². The minimum atomic E-state index is -0.498. The number of anilines is 1. The first-order chi connectivity index (χ1) is 16.6. The molecule has 6 rings (SSSR count). The number of carbonyl (C=O) groups excluding carboxylic acids is 2. The second-order valence-electron chi connectivity index (χ2n) is 8.84. The van der Waals surface area contributed by atoms with E-state index in [2.05, 4.69) is 36.4 Å². The van der Waals surface area contributed by atoms with Crippen LogP contribution in [-0.2, 0) is 9.59 Å². The highest BCUT2D eigenvalue weighted by molar-refractivity contribution is 6.23. The highest BCUT2D eigenvalue weighted by atomic mass is 16.6. The fourth-order valence-corrected chi connectivity index (χ4v) is 5.78. The Labute approximate surface area is 196 Å². The van der Waals surface area contributed by atoms with Gasteiger partial charge < -0.3 is 0 Å². The number of rotatable bonds is 4. The fourth-order valence-electron chi connectivity index (χ4n) is 5.78. The zero-order valence-electron chi connectivity index (χ0n) is 18.1. The van der Waals surface area contributed by atoms with E-state index in [4.69, 9.17) is 0 Å². The molecule has 3 aliphatic rings. The van der Waals surface area contributed by atoms with Crippen molar-refractivity contribution in [1.82, 2.24) is 0 Å². The van der Waals surface area contributed by atoms with Crippen molar-refractivity contribution in [1.29, 1.82) is 0 Å². The lowest BCUT2D eigenvalue weighted by atomic mass is 9.85. The van der Waals surface area contributed by atoms with Crippen LogP contribution in [0.4, 0.5) is 11.4 Å². The molecule has 1 aliphatic heterocycles. The Kier molecular flexibility index (Phi) is 4.55. The summed E-state index contributed by atoms with van der Waals surface area (Å²) in [6.45, 7) is 0. The van der Waals surface area contributed by atoms with Gasteiger partial charge in [0.25, 0.3) is 5.69 Å². The molecule has 4 atom stereocenters. The Morgan fingerprint density at radius 1 is 0.706 bits per heavy atom. The van der Waals surface area contributed by atoms with Crippen LogP contribution >= 0.6 is 0 Å². The SMILES string of the molecule is O=C1C2C3C=CC(C3=C(c3ccccc3)c3ccccc3)C2C(=O)N1c1ccc([N+](=O)[O-])cc1. The third-order valence-corrected chi connectivity index (χ3v) is 7.15. The number of nitro groups is 1. The van der Waals surface area contributed by atoms with Gasteiger partial charge in [-0.1, -0.05) is 72.8 Å². The van der Waals surface area contributed by atoms with Crippen LogP contribution in [0.25, 0.3) is 5.57 Å². The number of nitrogens with zero attached hydrogens (tertiary/aromatic N) is 2. The summed E-state index contributed by atoms with van der Waals surface area (Å²) in [5.74, 6) is -1.72. The lowest BCUT2D eigenvalue weighted by Crippen LogP contribution is -2.33. The summed E-state index contributed by atoms with van der Waals surface area (Å²) < 4.78 is 0. The topological polar surface area (TPSA) is 80.5 Å². The summed E-state index contributed by atoms with van der Waals surface area (Å²) in [6.07, 6.45) is 4.13. The quantitative estimate of drug-likeness (QED) is 0.243. The first-order valence-corrected chi connectivity index (χ1v) is 11.2. The number of fused-ring (bicyclic) bond motifs is 5. The van der Waals surface area contributed by atoms with Crippen molar-refractivity contribution in [3.8, 4) is 0 Å². The van der Waals surface area contributed by atoms with E-state index in [1.54, 1.807) is 0 Å². The van der Waals surface area contributed by atoms with E-state index >= 15 is 0 Å². The zero-order chi connectivity index (χ0) is 23.4. The minimum Gasteiger partial charge on any atom is -0.274 e. The number of non-ortho nitro benzene ring substituents is 1. The maximum Gasteiger partial charge on any atom is 0.269 e. The van der Waals surface area contributed by atoms with Gasteiger partial charge in [0.15, 0.2) is 0 Å². The van der Waals surface area contributed by atoms with E-state index in [9.17, 15) is 19.7 Å². The van der Waals surface area contributed by atoms with Gasteiger partial charge in [-0.25, -0.2) is 4.90 Å². The maximum atomic E-state index is 13.6. The molecule has 2 amide bonds. The molecule has 2 fully saturated rings. The highest BCUT2D eigenvalue weighted by Gasteiger charge is 2.62. The second kappa shape index (κ2) is 7.63. The second-order valence-corrected chi connectivity index (χ2v) is 8.84. The molecule has 6 nitrogen and oxygen atoms in total. The van der Waals surface area contributed by atoms with Crippen LogP contribution in [-0.4, -0.2) is 16.7 Å². The van der Waals surface area contributed by atoms with Gasteiger partial charge in [-0.2, -0.15) is 0 Å². The Hall–Kier alpha value is -4.32. The third-order valence-electron chi connectivity index (χ3n) is 7.15. The van der Waals surface area contributed by atoms with Crippen LogP contribution in [0.5, 0.6) is 0 Å². The molecule has 166 valence electrons. The smallest absolute Gasteiger partial charge is 0.269 e. The predicted molar refractivity (Wildman–Crippen MR) is 128 cm³/mol. The maximum absolute atomic E-state index is 13.6. The molecular formula is C28H20N2O4. The van der Waals surface area contributed by atoms with Gasteiger partial charge in [0.2, 0.25) is 11.8 Å². The monoisotopic (exact) mass is 448 g/mol. The molecule has 4 unspecified atom stereocenters. The Balaban J connectivity index is 1.44. The van der Waals surface area contributed by atoms with E-state index in [1.807, 2.05) is 36.4 Å². The fraction of sp³-hybridized carbons (Fsp3) is 0.143. The van der Waals surface area contributed by atoms with Crippen LogP contribution in [0.15, 0.2) is 103 Å². The normalized spacial score (nSPS) is 24.6. The zero-order valence-corrected chi connectivity index (χ0v) is 18.1. The van der Waals surface area contributed by atoms with Gasteiger partial charge >= 0.3 is 0 Å². The van der Waals surface area contributed by atoms with Crippen molar-refractivity contribution in [3.05, 3.63) is 124 Å². The minimum absolute atomic E-state index is 0.0784. The van der Waals surface area contributed by atoms with Gasteiger partial charge in [-0.05, 0) is 34.4 Å². The molecule has 0 N–H and O–H groups in total. The van der Waals surface area contributed by atoms with Crippen LogP contribution < -0.4 is 4.90 Å². The number of nitro benzene ring substituents is 1. The molecule has 1 saturated carbocycles. The molecule has 2 bridgehead atoms. The Morgan fingerprint density at radius 2 is 1.18 bits per heavy atom.